The fourth-order valence-electron chi connectivity index (χ4n) is 4.14. The fourth-order valence-corrected chi connectivity index (χ4v) is 4.14. The van der Waals surface area contributed by atoms with E-state index >= 15 is 0 Å². The van der Waals surface area contributed by atoms with E-state index in [1.807, 2.05) is 16.7 Å². The van der Waals surface area contributed by atoms with Gasteiger partial charge in [-0.15, -0.1) is 0 Å². The van der Waals surface area contributed by atoms with Crippen LogP contribution in [0.25, 0.3) is 0 Å². The average Bonchev–Trinajstić information content (AvgIpc) is 2.63. The van der Waals surface area contributed by atoms with Crippen molar-refractivity contribution in [1.29, 1.82) is 0 Å². The number of benzene rings is 1. The number of aryl methyl sites for hydroxylation is 1. The van der Waals surface area contributed by atoms with Gasteiger partial charge < -0.3 is 20.6 Å². The number of piperidine rings is 1. The minimum absolute atomic E-state index is 0.0127. The smallest absolute Gasteiger partial charge is 0.317 e. The van der Waals surface area contributed by atoms with Crippen LogP contribution in [0.1, 0.15) is 38.2 Å². The summed E-state index contributed by atoms with van der Waals surface area (Å²) in [7, 11) is 0. The second-order valence-corrected chi connectivity index (χ2v) is 8.00. The van der Waals surface area contributed by atoms with Crippen molar-refractivity contribution in [2.24, 2.45) is 0 Å². The number of carbonyl (C=O) groups excluding carboxylic acids is 1. The molecule has 1 saturated carbocycles. The molecule has 0 atom stereocenters. The van der Waals surface area contributed by atoms with Crippen molar-refractivity contribution < 1.29 is 14.7 Å². The summed E-state index contributed by atoms with van der Waals surface area (Å²) >= 11 is 0. The Balaban J connectivity index is 1.37. The van der Waals surface area contributed by atoms with E-state index in [1.165, 1.54) is 5.56 Å². The number of carboxylic acid groups (broad SMARTS) is 1. The number of likely N-dealkylation sites (N-methyl/N-ethyl adjacent to an activating group) is 1. The van der Waals surface area contributed by atoms with Crippen molar-refractivity contribution in [3.8, 4) is 0 Å². The largest absolute Gasteiger partial charge is 0.480 e. The van der Waals surface area contributed by atoms with Crippen LogP contribution in [0.5, 0.6) is 0 Å². The highest BCUT2D eigenvalue weighted by Gasteiger charge is 2.35. The molecular weight excluding hydrogens is 356 g/mol. The molecule has 2 amide bonds. The van der Waals surface area contributed by atoms with Crippen LogP contribution in [0.3, 0.4) is 0 Å². The molecule has 7 nitrogen and oxygen atoms in total. The van der Waals surface area contributed by atoms with Gasteiger partial charge in [0.25, 0.3) is 0 Å². The van der Waals surface area contributed by atoms with Crippen molar-refractivity contribution in [2.45, 2.75) is 57.7 Å². The summed E-state index contributed by atoms with van der Waals surface area (Å²) in [6.45, 7) is 6.37. The number of anilines is 1. The monoisotopic (exact) mass is 388 g/mol. The van der Waals surface area contributed by atoms with Gasteiger partial charge in [0.05, 0.1) is 6.54 Å². The molecule has 0 spiro atoms. The van der Waals surface area contributed by atoms with Gasteiger partial charge in [0.1, 0.15) is 0 Å². The number of rotatable bonds is 7. The number of aliphatic carboxylic acids is 1. The number of hydrogen-bond donors (Lipinski definition) is 3. The highest BCUT2D eigenvalue weighted by atomic mass is 16.4. The number of nitrogens with zero attached hydrogens (tertiary/aromatic N) is 2. The molecule has 0 bridgehead atoms. The van der Waals surface area contributed by atoms with Crippen molar-refractivity contribution in [3.63, 3.8) is 0 Å². The molecule has 154 valence electrons. The first kappa shape index (κ1) is 20.5. The Hall–Kier alpha value is -2.28. The van der Waals surface area contributed by atoms with Gasteiger partial charge in [-0.05, 0) is 56.8 Å². The number of amides is 2. The van der Waals surface area contributed by atoms with E-state index in [-0.39, 0.29) is 24.7 Å². The van der Waals surface area contributed by atoms with Crippen LogP contribution in [0, 0.1) is 6.92 Å². The third kappa shape index (κ3) is 5.38. The standard InChI is InChI=1S/C21H32N4O3/c1-3-24(14-20(26)27)19-12-18(13-19)23-21(28)25-9-7-16(8-10-25)22-17-6-4-5-15(2)11-17/h4-6,11,16,18-19,22H,3,7-10,12-14H2,1-2H3,(H,23,28)(H,26,27). The molecule has 28 heavy (non-hydrogen) atoms. The predicted octanol–water partition coefficient (Wildman–Crippen LogP) is 2.52. The van der Waals surface area contributed by atoms with Crippen molar-refractivity contribution in [3.05, 3.63) is 29.8 Å². The number of carboxylic acids is 1. The van der Waals surface area contributed by atoms with E-state index in [2.05, 4.69) is 41.8 Å². The summed E-state index contributed by atoms with van der Waals surface area (Å²) in [5.41, 5.74) is 2.39. The van der Waals surface area contributed by atoms with Gasteiger partial charge in [0.2, 0.25) is 0 Å². The first-order chi connectivity index (χ1) is 13.4. The molecule has 7 heteroatoms. The Morgan fingerprint density at radius 3 is 2.54 bits per heavy atom. The molecule has 1 aliphatic heterocycles. The van der Waals surface area contributed by atoms with Gasteiger partial charge in [-0.2, -0.15) is 0 Å². The third-order valence-electron chi connectivity index (χ3n) is 5.87. The molecule has 1 saturated heterocycles. The molecule has 2 aliphatic rings. The number of nitrogens with one attached hydrogen (secondary N) is 2. The van der Waals surface area contributed by atoms with Gasteiger partial charge in [0, 0.05) is 36.9 Å². The third-order valence-corrected chi connectivity index (χ3v) is 5.87. The van der Waals surface area contributed by atoms with Crippen molar-refractivity contribution >= 4 is 17.7 Å². The molecule has 1 aliphatic carbocycles. The Morgan fingerprint density at radius 1 is 1.21 bits per heavy atom. The summed E-state index contributed by atoms with van der Waals surface area (Å²) < 4.78 is 0. The minimum atomic E-state index is -0.795. The van der Waals surface area contributed by atoms with Gasteiger partial charge in [0.15, 0.2) is 0 Å². The maximum absolute atomic E-state index is 12.5. The zero-order valence-electron chi connectivity index (χ0n) is 16.9. The fraction of sp³-hybridized carbons (Fsp3) is 0.619. The number of hydrogen-bond acceptors (Lipinski definition) is 4. The van der Waals surface area contributed by atoms with Crippen LogP contribution in [-0.4, -0.2) is 71.2 Å². The normalized spacial score (nSPS) is 22.6. The topological polar surface area (TPSA) is 84.9 Å². The molecule has 2 fully saturated rings. The minimum Gasteiger partial charge on any atom is -0.480 e. The summed E-state index contributed by atoms with van der Waals surface area (Å²) in [5, 5.41) is 15.7. The second kappa shape index (κ2) is 9.28. The second-order valence-electron chi connectivity index (χ2n) is 8.00. The van der Waals surface area contributed by atoms with Crippen LogP contribution in [0.4, 0.5) is 10.5 Å². The van der Waals surface area contributed by atoms with Crippen LogP contribution in [0.15, 0.2) is 24.3 Å². The molecule has 3 rings (SSSR count). The number of urea groups is 1. The van der Waals surface area contributed by atoms with E-state index in [9.17, 15) is 9.59 Å². The van der Waals surface area contributed by atoms with E-state index < -0.39 is 5.97 Å². The lowest BCUT2D eigenvalue weighted by atomic mass is 9.85. The SMILES string of the molecule is CCN(CC(=O)O)C1CC(NC(=O)N2CCC(Nc3cccc(C)c3)CC2)C1. The molecule has 1 aromatic carbocycles. The van der Waals surface area contributed by atoms with Gasteiger partial charge in [-0.1, -0.05) is 19.1 Å². The lowest BCUT2D eigenvalue weighted by Crippen LogP contribution is -2.57. The zero-order chi connectivity index (χ0) is 20.1. The number of carbonyl (C=O) groups is 2. The molecule has 0 unspecified atom stereocenters. The first-order valence-corrected chi connectivity index (χ1v) is 10.3. The molecule has 0 aromatic heterocycles. The highest BCUT2D eigenvalue weighted by molar-refractivity contribution is 5.75. The van der Waals surface area contributed by atoms with E-state index in [0.717, 1.165) is 51.0 Å². The van der Waals surface area contributed by atoms with Crippen LogP contribution in [-0.2, 0) is 4.79 Å². The van der Waals surface area contributed by atoms with Gasteiger partial charge in [-0.3, -0.25) is 9.69 Å². The predicted molar refractivity (Wildman–Crippen MR) is 110 cm³/mol. The zero-order valence-corrected chi connectivity index (χ0v) is 16.9. The Labute approximate surface area is 167 Å². The summed E-state index contributed by atoms with van der Waals surface area (Å²) in [4.78, 5) is 27.3. The average molecular weight is 389 g/mol. The molecule has 1 aromatic rings. The summed E-state index contributed by atoms with van der Waals surface area (Å²) in [5.74, 6) is -0.795. The molecule has 1 heterocycles. The molecular formula is C21H32N4O3. The number of likely N-dealkylation sites (tertiary alicyclic amines) is 1. The van der Waals surface area contributed by atoms with Crippen LogP contribution in [0.2, 0.25) is 0 Å². The Kier molecular flexibility index (Phi) is 6.78. The first-order valence-electron chi connectivity index (χ1n) is 10.3. The lowest BCUT2D eigenvalue weighted by molar-refractivity contribution is -0.139. The Morgan fingerprint density at radius 2 is 1.93 bits per heavy atom. The van der Waals surface area contributed by atoms with Gasteiger partial charge >= 0.3 is 12.0 Å². The lowest BCUT2D eigenvalue weighted by Gasteiger charge is -2.43. The van der Waals surface area contributed by atoms with E-state index in [4.69, 9.17) is 5.11 Å². The maximum atomic E-state index is 12.5. The Bertz CT molecular complexity index is 682. The van der Waals surface area contributed by atoms with Crippen LogP contribution < -0.4 is 10.6 Å². The van der Waals surface area contributed by atoms with E-state index in [0.29, 0.717) is 6.04 Å². The van der Waals surface area contributed by atoms with Crippen molar-refractivity contribution in [2.75, 3.05) is 31.5 Å². The summed E-state index contributed by atoms with van der Waals surface area (Å²) in [6.07, 6.45) is 3.55. The maximum Gasteiger partial charge on any atom is 0.317 e. The van der Waals surface area contributed by atoms with Crippen molar-refractivity contribution in [1.82, 2.24) is 15.1 Å². The van der Waals surface area contributed by atoms with Gasteiger partial charge in [-0.25, -0.2) is 4.79 Å². The van der Waals surface area contributed by atoms with E-state index in [1.54, 1.807) is 0 Å². The molecule has 0 radical (unpaired) electrons. The summed E-state index contributed by atoms with van der Waals surface area (Å²) in [6, 6.07) is 9.21. The van der Waals surface area contributed by atoms with Crippen LogP contribution >= 0.6 is 0 Å². The quantitative estimate of drug-likeness (QED) is 0.668. The highest BCUT2D eigenvalue weighted by Crippen LogP contribution is 2.26. The molecule has 3 N–H and O–H groups in total.